The predicted molar refractivity (Wildman–Crippen MR) is 137 cm³/mol. The number of rotatable bonds is 13. The molecule has 0 fully saturated rings. The number of nitrogens with one attached hydrogen (secondary N) is 5. The molecule has 4 unspecified atom stereocenters. The molecule has 4 atom stereocenters. The molecule has 2 heterocycles. The number of aromatic amines is 2. The summed E-state index contributed by atoms with van der Waals surface area (Å²) >= 11 is 4.10. The van der Waals surface area contributed by atoms with Crippen molar-refractivity contribution in [2.45, 2.75) is 37.0 Å². The summed E-state index contributed by atoms with van der Waals surface area (Å²) in [5, 5.41) is 27.1. The highest BCUT2D eigenvalue weighted by Gasteiger charge is 2.30. The molecular formula is C23H29N7O6S. The summed E-state index contributed by atoms with van der Waals surface area (Å²) in [6.45, 7) is -0.804. The third kappa shape index (κ3) is 7.31. The molecule has 37 heavy (non-hydrogen) atoms. The minimum atomic E-state index is -1.46. The average Bonchev–Trinajstić information content (AvgIpc) is 3.55. The number of amides is 3. The molecule has 0 aliphatic heterocycles. The molecule has 0 bridgehead atoms. The van der Waals surface area contributed by atoms with Crippen molar-refractivity contribution in [2.24, 2.45) is 5.73 Å². The van der Waals surface area contributed by atoms with Crippen LogP contribution in [0, 0.1) is 0 Å². The number of H-pyrrole nitrogens is 2. The number of carboxylic acid groups (broad SMARTS) is 1. The standard InChI is InChI=1S/C23H29N7O6S/c24-15(5-12-7-26-16-4-2-1-3-14(12)16)20(32)30-19(10-37)22(34)29-18(9-31)21(33)28-17(23(35)36)6-13-8-25-11-27-13/h1-4,7-8,11,15,17-19,26,31,37H,5-6,9-10,24H2,(H,25,27)(H,28,33)(H,29,34)(H,30,32)(H,35,36). The molecule has 13 nitrogen and oxygen atoms in total. The Labute approximate surface area is 217 Å². The Hall–Kier alpha value is -3.88. The number of nitrogens with two attached hydrogens (primary N) is 1. The van der Waals surface area contributed by atoms with E-state index in [9.17, 15) is 29.4 Å². The number of aromatic nitrogens is 3. The zero-order chi connectivity index (χ0) is 26.9. The molecule has 0 spiro atoms. The maximum atomic E-state index is 12.7. The van der Waals surface area contributed by atoms with Gasteiger partial charge in [-0.05, 0) is 18.1 Å². The minimum Gasteiger partial charge on any atom is -0.480 e. The maximum Gasteiger partial charge on any atom is 0.326 e. The van der Waals surface area contributed by atoms with E-state index in [1.54, 1.807) is 6.20 Å². The van der Waals surface area contributed by atoms with Crippen LogP contribution in [0.15, 0.2) is 43.0 Å². The van der Waals surface area contributed by atoms with Crippen molar-refractivity contribution >= 4 is 47.2 Å². The normalized spacial score (nSPS) is 14.4. The van der Waals surface area contributed by atoms with Crippen LogP contribution >= 0.6 is 12.6 Å². The third-order valence-electron chi connectivity index (χ3n) is 5.68. The fourth-order valence-electron chi connectivity index (χ4n) is 3.66. The Bertz CT molecular complexity index is 1230. The molecule has 3 aromatic rings. The number of fused-ring (bicyclic) bond motifs is 1. The summed E-state index contributed by atoms with van der Waals surface area (Å²) in [4.78, 5) is 59.2. The Morgan fingerprint density at radius 1 is 0.973 bits per heavy atom. The lowest BCUT2D eigenvalue weighted by Crippen LogP contribution is -2.58. The van der Waals surface area contributed by atoms with Gasteiger partial charge in [0.05, 0.1) is 19.0 Å². The number of imidazole rings is 1. The van der Waals surface area contributed by atoms with E-state index in [0.717, 1.165) is 16.5 Å². The van der Waals surface area contributed by atoms with Crippen molar-refractivity contribution in [1.29, 1.82) is 0 Å². The van der Waals surface area contributed by atoms with Crippen LogP contribution in [0.25, 0.3) is 10.9 Å². The number of para-hydroxylation sites is 1. The van der Waals surface area contributed by atoms with Crippen LogP contribution in [0.4, 0.5) is 0 Å². The molecule has 1 aromatic carbocycles. The second-order valence-electron chi connectivity index (χ2n) is 8.34. The Balaban J connectivity index is 1.57. The van der Waals surface area contributed by atoms with E-state index in [2.05, 4.69) is 43.5 Å². The van der Waals surface area contributed by atoms with Crippen molar-refractivity contribution in [3.63, 3.8) is 0 Å². The number of hydrogen-bond acceptors (Lipinski definition) is 8. The molecule has 2 aromatic heterocycles. The molecule has 3 rings (SSSR count). The van der Waals surface area contributed by atoms with E-state index in [-0.39, 0.29) is 18.6 Å². The van der Waals surface area contributed by atoms with Gasteiger partial charge < -0.3 is 41.9 Å². The highest BCUT2D eigenvalue weighted by atomic mass is 32.1. The number of aliphatic hydroxyl groups is 1. The quantitative estimate of drug-likeness (QED) is 0.118. The second-order valence-corrected chi connectivity index (χ2v) is 8.70. The van der Waals surface area contributed by atoms with Gasteiger partial charge in [-0.25, -0.2) is 9.78 Å². The van der Waals surface area contributed by atoms with Gasteiger partial charge in [-0.2, -0.15) is 12.6 Å². The lowest BCUT2D eigenvalue weighted by Gasteiger charge is -2.23. The zero-order valence-electron chi connectivity index (χ0n) is 19.7. The smallest absolute Gasteiger partial charge is 0.326 e. The van der Waals surface area contributed by atoms with E-state index < -0.39 is 54.5 Å². The SMILES string of the molecule is NC(Cc1c[nH]c2ccccc12)C(=O)NC(CS)C(=O)NC(CO)C(=O)NC(Cc1cnc[nH]1)C(=O)O. The number of carbonyl (C=O) groups excluding carboxylic acids is 3. The molecule has 14 heteroatoms. The fraction of sp³-hybridized carbons (Fsp3) is 0.348. The summed E-state index contributed by atoms with van der Waals surface area (Å²) in [5.74, 6) is -3.74. The van der Waals surface area contributed by atoms with Crippen molar-refractivity contribution in [3.05, 3.63) is 54.2 Å². The number of aliphatic hydroxyl groups excluding tert-OH is 1. The molecule has 9 N–H and O–H groups in total. The van der Waals surface area contributed by atoms with E-state index in [4.69, 9.17) is 5.73 Å². The number of thiol groups is 1. The molecule has 0 aliphatic carbocycles. The van der Waals surface area contributed by atoms with Gasteiger partial charge >= 0.3 is 5.97 Å². The molecule has 198 valence electrons. The molecule has 0 aliphatic rings. The average molecular weight is 532 g/mol. The summed E-state index contributed by atoms with van der Waals surface area (Å²) < 4.78 is 0. The lowest BCUT2D eigenvalue weighted by atomic mass is 10.0. The van der Waals surface area contributed by atoms with Gasteiger partial charge in [-0.3, -0.25) is 14.4 Å². The summed E-state index contributed by atoms with van der Waals surface area (Å²) in [5.41, 5.74) is 8.28. The van der Waals surface area contributed by atoms with Crippen molar-refractivity contribution < 1.29 is 29.4 Å². The number of aliphatic carboxylic acids is 1. The largest absolute Gasteiger partial charge is 0.480 e. The van der Waals surface area contributed by atoms with Crippen LogP contribution < -0.4 is 21.7 Å². The lowest BCUT2D eigenvalue weighted by molar-refractivity contribution is -0.142. The predicted octanol–water partition coefficient (Wildman–Crippen LogP) is -1.54. The first-order chi connectivity index (χ1) is 17.7. The van der Waals surface area contributed by atoms with Crippen molar-refractivity contribution in [3.8, 4) is 0 Å². The van der Waals surface area contributed by atoms with E-state index in [1.807, 2.05) is 24.3 Å². The van der Waals surface area contributed by atoms with Crippen LogP contribution in [0.3, 0.4) is 0 Å². The first kappa shape index (κ1) is 27.7. The van der Waals surface area contributed by atoms with E-state index in [1.165, 1.54) is 12.5 Å². The summed E-state index contributed by atoms with van der Waals surface area (Å²) in [7, 11) is 0. The number of carbonyl (C=O) groups is 4. The first-order valence-electron chi connectivity index (χ1n) is 11.4. The van der Waals surface area contributed by atoms with Gasteiger partial charge in [-0.15, -0.1) is 0 Å². The number of carboxylic acids is 1. The van der Waals surface area contributed by atoms with E-state index >= 15 is 0 Å². The Kier molecular flexibility index (Phi) is 9.65. The fourth-order valence-corrected chi connectivity index (χ4v) is 3.92. The number of nitrogens with zero attached hydrogens (tertiary/aromatic N) is 1. The van der Waals surface area contributed by atoms with Crippen molar-refractivity contribution in [2.75, 3.05) is 12.4 Å². The van der Waals surface area contributed by atoms with Crippen LogP contribution in [-0.4, -0.2) is 85.4 Å². The van der Waals surface area contributed by atoms with Crippen LogP contribution in [0.2, 0.25) is 0 Å². The summed E-state index contributed by atoms with van der Waals surface area (Å²) in [6.07, 6.45) is 4.67. The van der Waals surface area contributed by atoms with E-state index in [0.29, 0.717) is 5.69 Å². The van der Waals surface area contributed by atoms with Gasteiger partial charge in [0.15, 0.2) is 0 Å². The molecule has 0 saturated carbocycles. The Morgan fingerprint density at radius 3 is 2.30 bits per heavy atom. The second kappa shape index (κ2) is 12.9. The van der Waals surface area contributed by atoms with Crippen molar-refractivity contribution in [1.82, 2.24) is 30.9 Å². The van der Waals surface area contributed by atoms with Gasteiger partial charge in [0.2, 0.25) is 17.7 Å². The molecule has 0 radical (unpaired) electrons. The minimum absolute atomic E-state index is 0.0865. The Morgan fingerprint density at radius 2 is 1.65 bits per heavy atom. The molecule has 3 amide bonds. The topological polar surface area (TPSA) is 215 Å². The highest BCUT2D eigenvalue weighted by Crippen LogP contribution is 2.18. The summed E-state index contributed by atoms with van der Waals surface area (Å²) in [6, 6.07) is 2.63. The van der Waals surface area contributed by atoms with Gasteiger partial charge in [0, 0.05) is 41.2 Å². The molecule has 0 saturated heterocycles. The zero-order valence-corrected chi connectivity index (χ0v) is 20.6. The number of benzene rings is 1. The first-order valence-corrected chi connectivity index (χ1v) is 12.0. The molecular weight excluding hydrogens is 502 g/mol. The van der Waals surface area contributed by atoms with Gasteiger partial charge in [0.25, 0.3) is 0 Å². The monoisotopic (exact) mass is 531 g/mol. The van der Waals surface area contributed by atoms with Crippen LogP contribution in [0.1, 0.15) is 11.3 Å². The van der Waals surface area contributed by atoms with Crippen LogP contribution in [0.5, 0.6) is 0 Å². The maximum absolute atomic E-state index is 12.7. The van der Waals surface area contributed by atoms with Gasteiger partial charge in [0.1, 0.15) is 18.1 Å². The highest BCUT2D eigenvalue weighted by molar-refractivity contribution is 7.80. The number of hydrogen-bond donors (Lipinski definition) is 9. The van der Waals surface area contributed by atoms with Crippen LogP contribution in [-0.2, 0) is 32.0 Å². The van der Waals surface area contributed by atoms with Gasteiger partial charge in [-0.1, -0.05) is 18.2 Å². The third-order valence-corrected chi connectivity index (χ3v) is 6.04.